The second-order valence-electron chi connectivity index (χ2n) is 5.00. The van der Waals surface area contributed by atoms with Crippen LogP contribution in [0.2, 0.25) is 0 Å². The third-order valence-electron chi connectivity index (χ3n) is 2.69. The molecule has 0 fully saturated rings. The zero-order valence-corrected chi connectivity index (χ0v) is 10.7. The molecule has 0 saturated heterocycles. The van der Waals surface area contributed by atoms with Crippen LogP contribution in [0.4, 0.5) is 5.69 Å². The highest BCUT2D eigenvalue weighted by Gasteiger charge is 2.17. The van der Waals surface area contributed by atoms with E-state index in [2.05, 4.69) is 15.4 Å². The summed E-state index contributed by atoms with van der Waals surface area (Å²) >= 11 is 0. The molecule has 2 aromatic heterocycles. The molecule has 96 valence electrons. The van der Waals surface area contributed by atoms with Gasteiger partial charge in [-0.3, -0.25) is 0 Å². The standard InChI is InChI=1S/C13H18N4O/c1-13(2,10-18)9-15-11-5-3-6-14-12(11)17-8-4-7-16-17/h3-8,15,18H,9-10H2,1-2H3. The van der Waals surface area contributed by atoms with E-state index in [0.717, 1.165) is 11.5 Å². The maximum atomic E-state index is 9.25. The molecule has 0 aromatic carbocycles. The van der Waals surface area contributed by atoms with Gasteiger partial charge in [-0.25, -0.2) is 9.67 Å². The van der Waals surface area contributed by atoms with Crippen LogP contribution in [0, 0.1) is 5.41 Å². The molecular weight excluding hydrogens is 228 g/mol. The largest absolute Gasteiger partial charge is 0.396 e. The molecule has 2 rings (SSSR count). The second-order valence-corrected chi connectivity index (χ2v) is 5.00. The Balaban J connectivity index is 2.19. The van der Waals surface area contributed by atoms with Crippen molar-refractivity contribution < 1.29 is 5.11 Å². The fourth-order valence-electron chi connectivity index (χ4n) is 1.50. The number of aromatic nitrogens is 3. The smallest absolute Gasteiger partial charge is 0.176 e. The van der Waals surface area contributed by atoms with Crippen molar-refractivity contribution in [1.29, 1.82) is 0 Å². The molecule has 0 radical (unpaired) electrons. The predicted molar refractivity (Wildman–Crippen MR) is 70.7 cm³/mol. The number of nitrogens with zero attached hydrogens (tertiary/aromatic N) is 3. The summed E-state index contributed by atoms with van der Waals surface area (Å²) in [5, 5.41) is 16.7. The summed E-state index contributed by atoms with van der Waals surface area (Å²) in [5.74, 6) is 0.760. The average Bonchev–Trinajstić information content (AvgIpc) is 2.91. The van der Waals surface area contributed by atoms with Gasteiger partial charge in [0.05, 0.1) is 5.69 Å². The van der Waals surface area contributed by atoms with Gasteiger partial charge in [-0.1, -0.05) is 13.8 Å². The van der Waals surface area contributed by atoms with Crippen LogP contribution in [0.3, 0.4) is 0 Å². The number of nitrogens with one attached hydrogen (secondary N) is 1. The first-order chi connectivity index (χ1) is 8.62. The molecule has 5 nitrogen and oxygen atoms in total. The van der Waals surface area contributed by atoms with E-state index in [1.54, 1.807) is 17.1 Å². The van der Waals surface area contributed by atoms with Crippen LogP contribution in [0.25, 0.3) is 5.82 Å². The summed E-state index contributed by atoms with van der Waals surface area (Å²) in [5.41, 5.74) is 0.736. The highest BCUT2D eigenvalue weighted by Crippen LogP contribution is 2.19. The Hall–Kier alpha value is -1.88. The van der Waals surface area contributed by atoms with Crippen molar-refractivity contribution in [1.82, 2.24) is 14.8 Å². The topological polar surface area (TPSA) is 63.0 Å². The fraction of sp³-hybridized carbons (Fsp3) is 0.385. The van der Waals surface area contributed by atoms with E-state index in [4.69, 9.17) is 0 Å². The minimum Gasteiger partial charge on any atom is -0.396 e. The highest BCUT2D eigenvalue weighted by molar-refractivity contribution is 5.56. The number of hydrogen-bond donors (Lipinski definition) is 2. The van der Waals surface area contributed by atoms with Crippen LogP contribution >= 0.6 is 0 Å². The van der Waals surface area contributed by atoms with Gasteiger partial charge in [0.15, 0.2) is 5.82 Å². The van der Waals surface area contributed by atoms with Crippen LogP contribution in [0.5, 0.6) is 0 Å². The SMILES string of the molecule is CC(C)(CO)CNc1cccnc1-n1cccn1. The molecule has 2 heterocycles. The van der Waals surface area contributed by atoms with Crippen LogP contribution in [-0.4, -0.2) is 33.0 Å². The van der Waals surface area contributed by atoms with Gasteiger partial charge < -0.3 is 10.4 Å². The quantitative estimate of drug-likeness (QED) is 0.843. The summed E-state index contributed by atoms with van der Waals surface area (Å²) in [7, 11) is 0. The lowest BCUT2D eigenvalue weighted by atomic mass is 9.95. The van der Waals surface area contributed by atoms with Crippen molar-refractivity contribution in [3.63, 3.8) is 0 Å². The molecule has 0 amide bonds. The molecule has 0 aliphatic carbocycles. The lowest BCUT2D eigenvalue weighted by Crippen LogP contribution is -2.27. The van der Waals surface area contributed by atoms with Gasteiger partial charge in [0.1, 0.15) is 0 Å². The number of pyridine rings is 1. The number of aliphatic hydroxyl groups excluding tert-OH is 1. The number of anilines is 1. The maximum Gasteiger partial charge on any atom is 0.176 e. The summed E-state index contributed by atoms with van der Waals surface area (Å²) < 4.78 is 1.72. The van der Waals surface area contributed by atoms with E-state index < -0.39 is 0 Å². The van der Waals surface area contributed by atoms with Gasteiger partial charge in [0.25, 0.3) is 0 Å². The minimum absolute atomic E-state index is 0.136. The van der Waals surface area contributed by atoms with E-state index in [1.807, 2.05) is 38.2 Å². The van der Waals surface area contributed by atoms with Gasteiger partial charge in [0.2, 0.25) is 0 Å². The summed E-state index contributed by atoms with van der Waals surface area (Å²) in [6.07, 6.45) is 5.31. The van der Waals surface area contributed by atoms with E-state index in [-0.39, 0.29) is 12.0 Å². The molecule has 18 heavy (non-hydrogen) atoms. The molecule has 0 bridgehead atoms. The third-order valence-corrected chi connectivity index (χ3v) is 2.69. The molecule has 0 spiro atoms. The van der Waals surface area contributed by atoms with Crippen molar-refractivity contribution in [2.75, 3.05) is 18.5 Å². The molecule has 0 atom stereocenters. The summed E-state index contributed by atoms with van der Waals surface area (Å²) in [4.78, 5) is 4.32. The van der Waals surface area contributed by atoms with Crippen molar-refractivity contribution in [3.8, 4) is 5.82 Å². The maximum absolute atomic E-state index is 9.25. The Kier molecular flexibility index (Phi) is 3.62. The molecule has 0 unspecified atom stereocenters. The van der Waals surface area contributed by atoms with Gasteiger partial charge >= 0.3 is 0 Å². The van der Waals surface area contributed by atoms with Crippen molar-refractivity contribution in [3.05, 3.63) is 36.8 Å². The molecule has 0 aliphatic rings. The van der Waals surface area contributed by atoms with Gasteiger partial charge in [-0.2, -0.15) is 5.10 Å². The molecule has 2 aromatic rings. The lowest BCUT2D eigenvalue weighted by Gasteiger charge is -2.23. The molecular formula is C13H18N4O. The second kappa shape index (κ2) is 5.18. The van der Waals surface area contributed by atoms with Crippen LogP contribution in [-0.2, 0) is 0 Å². The molecule has 2 N–H and O–H groups in total. The fourth-order valence-corrected chi connectivity index (χ4v) is 1.50. The van der Waals surface area contributed by atoms with Gasteiger partial charge in [0, 0.05) is 37.2 Å². The van der Waals surface area contributed by atoms with Crippen LogP contribution in [0.15, 0.2) is 36.8 Å². The normalized spacial score (nSPS) is 11.5. The highest BCUT2D eigenvalue weighted by atomic mass is 16.3. The van der Waals surface area contributed by atoms with Gasteiger partial charge in [-0.15, -0.1) is 0 Å². The molecule has 0 aliphatic heterocycles. The minimum atomic E-state index is -0.169. The van der Waals surface area contributed by atoms with E-state index >= 15 is 0 Å². The van der Waals surface area contributed by atoms with Crippen molar-refractivity contribution in [2.45, 2.75) is 13.8 Å². The predicted octanol–water partition coefficient (Wildman–Crippen LogP) is 1.70. The number of rotatable bonds is 5. The number of hydrogen-bond acceptors (Lipinski definition) is 4. The Morgan fingerprint density at radius 3 is 2.83 bits per heavy atom. The Bertz CT molecular complexity index is 493. The van der Waals surface area contributed by atoms with Crippen molar-refractivity contribution >= 4 is 5.69 Å². The average molecular weight is 246 g/mol. The zero-order valence-electron chi connectivity index (χ0n) is 10.7. The number of aliphatic hydroxyl groups is 1. The Morgan fingerprint density at radius 1 is 1.33 bits per heavy atom. The Morgan fingerprint density at radius 2 is 2.17 bits per heavy atom. The summed E-state index contributed by atoms with van der Waals surface area (Å²) in [6, 6.07) is 5.69. The lowest BCUT2D eigenvalue weighted by molar-refractivity contribution is 0.171. The molecule has 0 saturated carbocycles. The van der Waals surface area contributed by atoms with Crippen LogP contribution in [0.1, 0.15) is 13.8 Å². The first-order valence-electron chi connectivity index (χ1n) is 5.92. The monoisotopic (exact) mass is 246 g/mol. The van der Waals surface area contributed by atoms with Crippen molar-refractivity contribution in [2.24, 2.45) is 5.41 Å². The summed E-state index contributed by atoms with van der Waals surface area (Å²) in [6.45, 7) is 4.81. The first kappa shape index (κ1) is 12.6. The van der Waals surface area contributed by atoms with Crippen LogP contribution < -0.4 is 5.32 Å². The Labute approximate surface area is 106 Å². The van der Waals surface area contributed by atoms with Gasteiger partial charge in [-0.05, 0) is 18.2 Å². The molecule has 5 heteroatoms. The van der Waals surface area contributed by atoms with E-state index in [1.165, 1.54) is 0 Å². The third kappa shape index (κ3) is 2.87. The van der Waals surface area contributed by atoms with E-state index in [9.17, 15) is 5.11 Å². The zero-order chi connectivity index (χ0) is 13.0. The first-order valence-corrected chi connectivity index (χ1v) is 5.92. The van der Waals surface area contributed by atoms with E-state index in [0.29, 0.717) is 6.54 Å².